The van der Waals surface area contributed by atoms with Gasteiger partial charge in [-0.05, 0) is 13.3 Å². The van der Waals surface area contributed by atoms with E-state index in [1.807, 2.05) is 6.92 Å². The van der Waals surface area contributed by atoms with Crippen molar-refractivity contribution < 1.29 is 9.78 Å². The lowest BCUT2D eigenvalue weighted by Gasteiger charge is -2.30. The fourth-order valence-corrected chi connectivity index (χ4v) is 0.645. The predicted octanol–water partition coefficient (Wildman–Crippen LogP) is 1.12. The Kier molecular flexibility index (Phi) is 1.30. The van der Waals surface area contributed by atoms with Gasteiger partial charge in [-0.3, -0.25) is 0 Å². The van der Waals surface area contributed by atoms with Crippen LogP contribution in [-0.4, -0.2) is 12.2 Å². The highest BCUT2D eigenvalue weighted by molar-refractivity contribution is 4.65. The van der Waals surface area contributed by atoms with Crippen LogP contribution in [-0.2, 0) is 9.78 Å². The summed E-state index contributed by atoms with van der Waals surface area (Å²) < 4.78 is 0. The van der Waals surface area contributed by atoms with Gasteiger partial charge in [-0.25, -0.2) is 9.78 Å². The van der Waals surface area contributed by atoms with Gasteiger partial charge in [0.05, 0.1) is 0 Å². The van der Waals surface area contributed by atoms with Crippen LogP contribution in [0.1, 0.15) is 20.3 Å². The van der Waals surface area contributed by atoms with E-state index in [-0.39, 0.29) is 0 Å². The van der Waals surface area contributed by atoms with E-state index in [1.165, 1.54) is 0 Å². The molecule has 2 atom stereocenters. The first-order chi connectivity index (χ1) is 3.34. The Morgan fingerprint density at radius 3 is 2.14 bits per heavy atom. The van der Waals surface area contributed by atoms with Gasteiger partial charge in [0.1, 0.15) is 12.2 Å². The smallest absolute Gasteiger partial charge is 0.122 e. The summed E-state index contributed by atoms with van der Waals surface area (Å²) in [6.45, 7) is 4.10. The van der Waals surface area contributed by atoms with E-state index < -0.39 is 0 Å². The van der Waals surface area contributed by atoms with Crippen LogP contribution in [0.3, 0.4) is 0 Å². The Bertz CT molecular complexity index is 61.1. The highest BCUT2D eigenvalue weighted by Gasteiger charge is 2.27. The largest absolute Gasteiger partial charge is 0.230 e. The highest BCUT2D eigenvalue weighted by atomic mass is 17.2. The van der Waals surface area contributed by atoms with Crippen molar-refractivity contribution in [3.63, 3.8) is 0 Å². The summed E-state index contributed by atoms with van der Waals surface area (Å²) in [6, 6.07) is 0. The zero-order valence-corrected chi connectivity index (χ0v) is 4.68. The monoisotopic (exact) mass is 102 g/mol. The molecule has 1 rings (SSSR count). The first-order valence-electron chi connectivity index (χ1n) is 2.66. The maximum Gasteiger partial charge on any atom is 0.122 e. The topological polar surface area (TPSA) is 18.5 Å². The van der Waals surface area contributed by atoms with Crippen molar-refractivity contribution in [1.29, 1.82) is 0 Å². The summed E-state index contributed by atoms with van der Waals surface area (Å²) >= 11 is 0. The summed E-state index contributed by atoms with van der Waals surface area (Å²) in [7, 11) is 0. The van der Waals surface area contributed by atoms with E-state index in [2.05, 4.69) is 11.8 Å². The van der Waals surface area contributed by atoms with Gasteiger partial charge in [0.15, 0.2) is 0 Å². The van der Waals surface area contributed by atoms with Crippen LogP contribution < -0.4 is 0 Å². The highest BCUT2D eigenvalue weighted by Crippen LogP contribution is 2.18. The van der Waals surface area contributed by atoms with Crippen molar-refractivity contribution in [3.05, 3.63) is 0 Å². The van der Waals surface area contributed by atoms with E-state index in [0.717, 1.165) is 6.42 Å². The summed E-state index contributed by atoms with van der Waals surface area (Å²) in [5.41, 5.74) is 0. The van der Waals surface area contributed by atoms with Gasteiger partial charge in [0.25, 0.3) is 0 Å². The minimum atomic E-state index is 0.324. The predicted molar refractivity (Wildman–Crippen MR) is 25.7 cm³/mol. The van der Waals surface area contributed by atoms with E-state index in [9.17, 15) is 0 Å². The Balaban J connectivity index is 2.16. The SMILES string of the molecule is CC[C@@H]1OO[C@H]1C. The lowest BCUT2D eigenvalue weighted by atomic mass is 10.2. The van der Waals surface area contributed by atoms with E-state index in [0.29, 0.717) is 12.2 Å². The first-order valence-corrected chi connectivity index (χ1v) is 2.66. The number of hydrogen-bond acceptors (Lipinski definition) is 2. The maximum absolute atomic E-state index is 4.69. The molecule has 7 heavy (non-hydrogen) atoms. The molecular weight excluding hydrogens is 92.1 g/mol. The average molecular weight is 102 g/mol. The molecule has 0 amide bonds. The summed E-state index contributed by atoms with van der Waals surface area (Å²) in [5, 5.41) is 0. The zero-order valence-electron chi connectivity index (χ0n) is 4.68. The van der Waals surface area contributed by atoms with Gasteiger partial charge in [0, 0.05) is 0 Å². The van der Waals surface area contributed by atoms with E-state index in [1.54, 1.807) is 0 Å². The van der Waals surface area contributed by atoms with Crippen LogP contribution in [0.25, 0.3) is 0 Å². The molecule has 0 aliphatic carbocycles. The molecule has 1 aliphatic rings. The number of hydrogen-bond donors (Lipinski definition) is 0. The van der Waals surface area contributed by atoms with Crippen LogP contribution in [0.4, 0.5) is 0 Å². The van der Waals surface area contributed by atoms with Crippen molar-refractivity contribution in [1.82, 2.24) is 0 Å². The van der Waals surface area contributed by atoms with Crippen LogP contribution in [0.2, 0.25) is 0 Å². The zero-order chi connectivity index (χ0) is 5.28. The Morgan fingerprint density at radius 2 is 2.14 bits per heavy atom. The quantitative estimate of drug-likeness (QED) is 0.462. The van der Waals surface area contributed by atoms with Crippen LogP contribution in [0.5, 0.6) is 0 Å². The van der Waals surface area contributed by atoms with Crippen LogP contribution >= 0.6 is 0 Å². The second kappa shape index (κ2) is 1.80. The van der Waals surface area contributed by atoms with Crippen molar-refractivity contribution in [2.75, 3.05) is 0 Å². The molecule has 42 valence electrons. The summed E-state index contributed by atoms with van der Waals surface area (Å²) in [4.78, 5) is 9.33. The first kappa shape index (κ1) is 5.06. The minimum Gasteiger partial charge on any atom is -0.230 e. The fourth-order valence-electron chi connectivity index (χ4n) is 0.645. The lowest BCUT2D eigenvalue weighted by Crippen LogP contribution is -2.39. The maximum atomic E-state index is 4.69. The fraction of sp³-hybridized carbons (Fsp3) is 1.00. The molecule has 0 radical (unpaired) electrons. The molecule has 0 bridgehead atoms. The van der Waals surface area contributed by atoms with Crippen LogP contribution in [0.15, 0.2) is 0 Å². The van der Waals surface area contributed by atoms with Gasteiger partial charge in [0.2, 0.25) is 0 Å². The summed E-state index contributed by atoms with van der Waals surface area (Å²) in [6.07, 6.45) is 1.74. The van der Waals surface area contributed by atoms with Crippen LogP contribution in [0, 0.1) is 0 Å². The normalized spacial score (nSPS) is 40.3. The molecule has 0 aromatic rings. The Hall–Kier alpha value is -0.0800. The van der Waals surface area contributed by atoms with Gasteiger partial charge >= 0.3 is 0 Å². The van der Waals surface area contributed by atoms with Gasteiger partial charge in [-0.1, -0.05) is 6.92 Å². The van der Waals surface area contributed by atoms with E-state index in [4.69, 9.17) is 4.89 Å². The molecule has 1 saturated heterocycles. The molecule has 2 heteroatoms. The van der Waals surface area contributed by atoms with Crippen molar-refractivity contribution in [2.45, 2.75) is 32.5 Å². The molecule has 1 aliphatic heterocycles. The van der Waals surface area contributed by atoms with Crippen molar-refractivity contribution in [2.24, 2.45) is 0 Å². The average Bonchev–Trinajstić information content (AvgIpc) is 1.65. The molecule has 0 aromatic carbocycles. The Labute approximate surface area is 43.3 Å². The second-order valence-corrected chi connectivity index (χ2v) is 1.84. The van der Waals surface area contributed by atoms with E-state index >= 15 is 0 Å². The second-order valence-electron chi connectivity index (χ2n) is 1.84. The third-order valence-corrected chi connectivity index (χ3v) is 1.26. The molecule has 0 N–H and O–H groups in total. The molecule has 0 unspecified atom stereocenters. The Morgan fingerprint density at radius 1 is 1.43 bits per heavy atom. The van der Waals surface area contributed by atoms with Crippen molar-refractivity contribution >= 4 is 0 Å². The molecule has 1 heterocycles. The third-order valence-electron chi connectivity index (χ3n) is 1.26. The molecule has 1 fully saturated rings. The van der Waals surface area contributed by atoms with Gasteiger partial charge < -0.3 is 0 Å². The molecule has 0 spiro atoms. The molecule has 0 aromatic heterocycles. The van der Waals surface area contributed by atoms with Crippen molar-refractivity contribution in [3.8, 4) is 0 Å². The van der Waals surface area contributed by atoms with Gasteiger partial charge in [-0.2, -0.15) is 0 Å². The number of rotatable bonds is 1. The lowest BCUT2D eigenvalue weighted by molar-refractivity contribution is -0.460. The minimum absolute atomic E-state index is 0.324. The molecule has 2 nitrogen and oxygen atoms in total. The molecular formula is C5H10O2. The van der Waals surface area contributed by atoms with Gasteiger partial charge in [-0.15, -0.1) is 0 Å². The summed E-state index contributed by atoms with van der Waals surface area (Å²) in [5.74, 6) is 0. The third kappa shape index (κ3) is 0.763. The molecule has 0 saturated carbocycles. The standard InChI is InChI=1S/C5H10O2/c1-3-5-4(2)6-7-5/h4-5H,3H2,1-2H3/t4-,5-/m0/s1.